The van der Waals surface area contributed by atoms with Crippen LogP contribution in [0.15, 0.2) is 60.7 Å². The molecule has 0 N–H and O–H groups in total. The molecule has 0 amide bonds. The van der Waals surface area contributed by atoms with Gasteiger partial charge in [-0.25, -0.2) is 0 Å². The van der Waals surface area contributed by atoms with Crippen LogP contribution in [0.25, 0.3) is 0 Å². The highest BCUT2D eigenvalue weighted by molar-refractivity contribution is 5.23. The maximum absolute atomic E-state index is 6.17. The van der Waals surface area contributed by atoms with Crippen molar-refractivity contribution in [2.45, 2.75) is 18.4 Å². The summed E-state index contributed by atoms with van der Waals surface area (Å²) in [6.07, 6.45) is 0.169. The molecule has 108 valence electrons. The molecule has 4 rings (SSSR count). The monoisotopic (exact) mass is 281 g/mol. The Morgan fingerprint density at radius 2 is 1.71 bits per heavy atom. The zero-order chi connectivity index (χ0) is 14.1. The molecule has 2 bridgehead atoms. The van der Waals surface area contributed by atoms with E-state index in [2.05, 4.69) is 47.4 Å². The van der Waals surface area contributed by atoms with Crippen LogP contribution in [0.2, 0.25) is 0 Å². The van der Waals surface area contributed by atoms with Crippen molar-refractivity contribution < 1.29 is 9.47 Å². The Morgan fingerprint density at radius 1 is 1.00 bits per heavy atom. The largest absolute Gasteiger partial charge is 0.342 e. The number of fused-ring (bicyclic) bond motifs is 2. The second-order valence-corrected chi connectivity index (χ2v) is 5.83. The topological polar surface area (TPSA) is 21.7 Å². The van der Waals surface area contributed by atoms with E-state index in [1.807, 2.05) is 18.2 Å². The van der Waals surface area contributed by atoms with Crippen molar-refractivity contribution >= 4 is 0 Å². The molecule has 2 aliphatic rings. The number of benzene rings is 2. The number of nitrogens with zero attached hydrogens (tertiary/aromatic N) is 1. The molecule has 2 saturated heterocycles. The Hall–Kier alpha value is -1.68. The summed E-state index contributed by atoms with van der Waals surface area (Å²) in [4.78, 5) is 2.43. The molecule has 2 aromatic carbocycles. The summed E-state index contributed by atoms with van der Waals surface area (Å²) < 4.78 is 12.2. The lowest BCUT2D eigenvalue weighted by molar-refractivity contribution is -0.214. The van der Waals surface area contributed by atoms with Gasteiger partial charge in [0, 0.05) is 18.7 Å². The van der Waals surface area contributed by atoms with Crippen molar-refractivity contribution in [3.8, 4) is 0 Å². The molecule has 0 saturated carbocycles. The third-order valence-corrected chi connectivity index (χ3v) is 4.22. The van der Waals surface area contributed by atoms with E-state index in [0.29, 0.717) is 6.61 Å². The van der Waals surface area contributed by atoms with E-state index >= 15 is 0 Å². The van der Waals surface area contributed by atoms with Crippen LogP contribution < -0.4 is 0 Å². The zero-order valence-corrected chi connectivity index (χ0v) is 11.9. The van der Waals surface area contributed by atoms with Gasteiger partial charge in [0.25, 0.3) is 0 Å². The van der Waals surface area contributed by atoms with Crippen LogP contribution >= 0.6 is 0 Å². The van der Waals surface area contributed by atoms with Gasteiger partial charge in [0.05, 0.1) is 19.3 Å². The second kappa shape index (κ2) is 5.26. The van der Waals surface area contributed by atoms with Crippen molar-refractivity contribution in [2.24, 2.45) is 0 Å². The molecular formula is C18H19NO2. The predicted molar refractivity (Wildman–Crippen MR) is 80.7 cm³/mol. The van der Waals surface area contributed by atoms with Crippen LogP contribution in [0.3, 0.4) is 0 Å². The molecule has 2 atom stereocenters. The van der Waals surface area contributed by atoms with Gasteiger partial charge in [0.1, 0.15) is 0 Å². The first kappa shape index (κ1) is 13.0. The lowest BCUT2D eigenvalue weighted by Crippen LogP contribution is -2.48. The molecule has 2 unspecified atom stereocenters. The molecule has 0 spiro atoms. The van der Waals surface area contributed by atoms with Crippen LogP contribution in [0.1, 0.15) is 11.1 Å². The maximum Gasteiger partial charge on any atom is 0.208 e. The number of hydrogen-bond donors (Lipinski definition) is 0. The fraction of sp³-hybridized carbons (Fsp3) is 0.333. The molecular weight excluding hydrogens is 262 g/mol. The van der Waals surface area contributed by atoms with Gasteiger partial charge in [0.2, 0.25) is 5.79 Å². The third kappa shape index (κ3) is 2.48. The summed E-state index contributed by atoms with van der Waals surface area (Å²) in [6.45, 7) is 3.34. The lowest BCUT2D eigenvalue weighted by atomic mass is 10.0. The Kier molecular flexibility index (Phi) is 3.26. The highest BCUT2D eigenvalue weighted by Gasteiger charge is 2.48. The average Bonchev–Trinajstić information content (AvgIpc) is 2.85. The average molecular weight is 281 g/mol. The molecule has 3 heteroatoms. The molecule has 21 heavy (non-hydrogen) atoms. The molecule has 0 radical (unpaired) electrons. The van der Waals surface area contributed by atoms with E-state index in [1.165, 1.54) is 5.56 Å². The molecule has 3 nitrogen and oxygen atoms in total. The fourth-order valence-corrected chi connectivity index (χ4v) is 3.28. The van der Waals surface area contributed by atoms with E-state index in [1.54, 1.807) is 0 Å². The first-order valence-corrected chi connectivity index (χ1v) is 7.48. The minimum absolute atomic E-state index is 0.169. The van der Waals surface area contributed by atoms with Crippen molar-refractivity contribution in [3.05, 3.63) is 71.8 Å². The van der Waals surface area contributed by atoms with Crippen molar-refractivity contribution in [1.29, 1.82) is 0 Å². The highest BCUT2D eigenvalue weighted by Crippen LogP contribution is 2.39. The number of ether oxygens (including phenoxy) is 2. The van der Waals surface area contributed by atoms with Crippen molar-refractivity contribution in [3.63, 3.8) is 0 Å². The third-order valence-electron chi connectivity index (χ3n) is 4.22. The Labute approximate surface area is 125 Å². The minimum atomic E-state index is -0.584. The number of rotatable bonds is 3. The first-order chi connectivity index (χ1) is 10.3. The highest BCUT2D eigenvalue weighted by atomic mass is 16.7. The fourth-order valence-electron chi connectivity index (χ4n) is 3.28. The maximum atomic E-state index is 6.17. The smallest absolute Gasteiger partial charge is 0.208 e. The standard InChI is InChI=1S/C18H19NO2/c1-3-7-15(8-4-1)11-19-12-17-13-20-18(14-19,21-17)16-9-5-2-6-10-16/h1-10,17H,11-14H2. The van der Waals surface area contributed by atoms with Gasteiger partial charge in [-0.05, 0) is 5.56 Å². The van der Waals surface area contributed by atoms with E-state index < -0.39 is 5.79 Å². The molecule has 0 aliphatic carbocycles. The second-order valence-electron chi connectivity index (χ2n) is 5.83. The zero-order valence-electron chi connectivity index (χ0n) is 11.9. The molecule has 2 fully saturated rings. The van der Waals surface area contributed by atoms with Gasteiger partial charge < -0.3 is 9.47 Å². The summed E-state index contributed by atoms with van der Waals surface area (Å²) >= 11 is 0. The Bertz CT molecular complexity index is 601. The molecule has 2 aromatic rings. The van der Waals surface area contributed by atoms with Gasteiger partial charge >= 0.3 is 0 Å². The van der Waals surface area contributed by atoms with Crippen LogP contribution in [-0.2, 0) is 21.8 Å². The summed E-state index contributed by atoms with van der Waals surface area (Å²) in [5, 5.41) is 0. The van der Waals surface area contributed by atoms with E-state index in [-0.39, 0.29) is 6.10 Å². The normalized spacial score (nSPS) is 28.7. The number of morpholine rings is 1. The van der Waals surface area contributed by atoms with Gasteiger partial charge in [-0.1, -0.05) is 60.7 Å². The number of hydrogen-bond acceptors (Lipinski definition) is 3. The van der Waals surface area contributed by atoms with Gasteiger partial charge in [-0.3, -0.25) is 4.90 Å². The van der Waals surface area contributed by atoms with Crippen molar-refractivity contribution in [1.82, 2.24) is 4.90 Å². The quantitative estimate of drug-likeness (QED) is 0.863. The Morgan fingerprint density at radius 3 is 2.48 bits per heavy atom. The van der Waals surface area contributed by atoms with Crippen LogP contribution in [-0.4, -0.2) is 30.7 Å². The summed E-state index contributed by atoms with van der Waals surface area (Å²) in [6, 6.07) is 20.9. The summed E-state index contributed by atoms with van der Waals surface area (Å²) in [5.74, 6) is -0.584. The van der Waals surface area contributed by atoms with Crippen LogP contribution in [0.4, 0.5) is 0 Å². The van der Waals surface area contributed by atoms with E-state index in [9.17, 15) is 0 Å². The molecule has 0 aromatic heterocycles. The summed E-state index contributed by atoms with van der Waals surface area (Å²) in [7, 11) is 0. The lowest BCUT2D eigenvalue weighted by Gasteiger charge is -2.38. The molecule has 2 heterocycles. The first-order valence-electron chi connectivity index (χ1n) is 7.48. The van der Waals surface area contributed by atoms with Crippen LogP contribution in [0, 0.1) is 0 Å². The predicted octanol–water partition coefficient (Wildman–Crippen LogP) is 2.77. The SMILES string of the molecule is c1ccc(CN2CC3COC(c4ccccc4)(C2)O3)cc1. The van der Waals surface area contributed by atoms with Gasteiger partial charge in [-0.15, -0.1) is 0 Å². The minimum Gasteiger partial charge on any atom is -0.342 e. The van der Waals surface area contributed by atoms with Gasteiger partial charge in [-0.2, -0.15) is 0 Å². The van der Waals surface area contributed by atoms with E-state index in [0.717, 1.165) is 25.2 Å². The van der Waals surface area contributed by atoms with Gasteiger partial charge in [0.15, 0.2) is 0 Å². The van der Waals surface area contributed by atoms with Crippen LogP contribution in [0.5, 0.6) is 0 Å². The molecule has 2 aliphatic heterocycles. The van der Waals surface area contributed by atoms with E-state index in [4.69, 9.17) is 9.47 Å². The Balaban J connectivity index is 1.57. The summed E-state index contributed by atoms with van der Waals surface area (Å²) in [5.41, 5.74) is 2.45. The van der Waals surface area contributed by atoms with Crippen molar-refractivity contribution in [2.75, 3.05) is 19.7 Å².